The van der Waals surface area contributed by atoms with E-state index in [4.69, 9.17) is 5.41 Å². The van der Waals surface area contributed by atoms with Crippen molar-refractivity contribution in [3.05, 3.63) is 109 Å². The summed E-state index contributed by atoms with van der Waals surface area (Å²) in [7, 11) is 0. The maximum absolute atomic E-state index is 8.62. The van der Waals surface area contributed by atoms with E-state index in [-0.39, 0.29) is 0 Å². The second-order valence-electron chi connectivity index (χ2n) is 6.84. The molecule has 0 aliphatic heterocycles. The Labute approximate surface area is 165 Å². The summed E-state index contributed by atoms with van der Waals surface area (Å²) in [5.41, 5.74) is 7.01. The van der Waals surface area contributed by atoms with E-state index in [0.29, 0.717) is 18.7 Å². The van der Waals surface area contributed by atoms with E-state index in [1.165, 1.54) is 11.1 Å². The van der Waals surface area contributed by atoms with Gasteiger partial charge in [-0.05, 0) is 34.4 Å². The quantitative estimate of drug-likeness (QED) is 0.439. The molecule has 3 aromatic carbocycles. The molecule has 3 nitrogen and oxygen atoms in total. The van der Waals surface area contributed by atoms with E-state index in [9.17, 15) is 0 Å². The Balaban J connectivity index is 1.65. The van der Waals surface area contributed by atoms with Crippen LogP contribution in [0.3, 0.4) is 0 Å². The Morgan fingerprint density at radius 1 is 0.786 bits per heavy atom. The van der Waals surface area contributed by atoms with Gasteiger partial charge in [0.25, 0.3) is 0 Å². The molecule has 0 aliphatic carbocycles. The van der Waals surface area contributed by atoms with Gasteiger partial charge in [0.1, 0.15) is 0 Å². The number of aromatic nitrogens is 2. The number of para-hydroxylation sites is 2. The summed E-state index contributed by atoms with van der Waals surface area (Å²) in [4.78, 5) is 0. The third-order valence-electron chi connectivity index (χ3n) is 5.04. The van der Waals surface area contributed by atoms with Crippen LogP contribution in [-0.4, -0.2) is 9.13 Å². The highest BCUT2D eigenvalue weighted by Crippen LogP contribution is 2.23. The fraction of sp³-hybridized carbons (Fsp3) is 0.0800. The van der Waals surface area contributed by atoms with Crippen molar-refractivity contribution in [3.8, 4) is 11.1 Å². The molecule has 4 aromatic rings. The van der Waals surface area contributed by atoms with Crippen LogP contribution in [0.1, 0.15) is 5.56 Å². The SMILES string of the molecule is C=CCn1c(=N)n(CC(=C)c2ccc(-c3ccccc3)cc2)c2ccccc21. The van der Waals surface area contributed by atoms with Gasteiger partial charge in [-0.25, -0.2) is 0 Å². The van der Waals surface area contributed by atoms with Gasteiger partial charge in [-0.2, -0.15) is 0 Å². The molecule has 0 atom stereocenters. The standard InChI is InChI=1S/C25H23N3/c1-3-17-27-23-11-7-8-12-24(23)28(25(27)26)18-19(2)20-13-15-22(16-14-20)21-9-5-4-6-10-21/h3-16,26H,1-2,17-18H2. The first-order chi connectivity index (χ1) is 13.7. The minimum Gasteiger partial charge on any atom is -0.307 e. The predicted octanol–water partition coefficient (Wildman–Crippen LogP) is 5.49. The zero-order valence-corrected chi connectivity index (χ0v) is 15.8. The average molecular weight is 365 g/mol. The van der Waals surface area contributed by atoms with E-state index in [0.717, 1.165) is 22.2 Å². The van der Waals surface area contributed by atoms with Gasteiger partial charge in [0.15, 0.2) is 0 Å². The van der Waals surface area contributed by atoms with Crippen LogP contribution in [0.2, 0.25) is 0 Å². The van der Waals surface area contributed by atoms with E-state index < -0.39 is 0 Å². The van der Waals surface area contributed by atoms with Gasteiger partial charge in [0, 0.05) is 6.54 Å². The summed E-state index contributed by atoms with van der Waals surface area (Å²) < 4.78 is 3.97. The van der Waals surface area contributed by atoms with Gasteiger partial charge in [-0.3, -0.25) is 5.41 Å². The fourth-order valence-corrected chi connectivity index (χ4v) is 3.58. The minimum absolute atomic E-state index is 0.461. The summed E-state index contributed by atoms with van der Waals surface area (Å²) in [6.45, 7) is 9.31. The molecule has 0 amide bonds. The number of nitrogens with one attached hydrogen (secondary N) is 1. The largest absolute Gasteiger partial charge is 0.307 e. The maximum Gasteiger partial charge on any atom is 0.203 e. The first kappa shape index (κ1) is 17.8. The van der Waals surface area contributed by atoms with Crippen LogP contribution >= 0.6 is 0 Å². The number of rotatable bonds is 6. The first-order valence-electron chi connectivity index (χ1n) is 9.36. The van der Waals surface area contributed by atoms with Crippen LogP contribution in [0.25, 0.3) is 27.7 Å². The number of hydrogen-bond acceptors (Lipinski definition) is 1. The molecule has 0 saturated heterocycles. The van der Waals surface area contributed by atoms with E-state index in [1.807, 2.05) is 51.6 Å². The molecule has 3 heteroatoms. The lowest BCUT2D eigenvalue weighted by Crippen LogP contribution is -2.24. The van der Waals surface area contributed by atoms with Crippen molar-refractivity contribution in [2.45, 2.75) is 13.1 Å². The molecule has 1 heterocycles. The third kappa shape index (κ3) is 3.23. The maximum atomic E-state index is 8.62. The van der Waals surface area contributed by atoms with E-state index >= 15 is 0 Å². The highest BCUT2D eigenvalue weighted by molar-refractivity contribution is 5.77. The Morgan fingerprint density at radius 3 is 2.00 bits per heavy atom. The highest BCUT2D eigenvalue weighted by atomic mass is 15.2. The van der Waals surface area contributed by atoms with Crippen LogP contribution in [0.15, 0.2) is 98.1 Å². The molecule has 28 heavy (non-hydrogen) atoms. The molecule has 1 N–H and O–H groups in total. The summed E-state index contributed by atoms with van der Waals surface area (Å²) in [5.74, 6) is 0. The lowest BCUT2D eigenvalue weighted by atomic mass is 10.0. The highest BCUT2D eigenvalue weighted by Gasteiger charge is 2.11. The first-order valence-corrected chi connectivity index (χ1v) is 9.36. The van der Waals surface area contributed by atoms with Gasteiger partial charge in [-0.15, -0.1) is 6.58 Å². The predicted molar refractivity (Wildman–Crippen MR) is 117 cm³/mol. The zero-order chi connectivity index (χ0) is 19.5. The molecule has 0 aliphatic rings. The summed E-state index contributed by atoms with van der Waals surface area (Å²) >= 11 is 0. The number of benzene rings is 3. The van der Waals surface area contributed by atoms with Gasteiger partial charge in [0.2, 0.25) is 5.62 Å². The van der Waals surface area contributed by atoms with Crippen LogP contribution in [0.5, 0.6) is 0 Å². The smallest absolute Gasteiger partial charge is 0.203 e. The number of fused-ring (bicyclic) bond motifs is 1. The second-order valence-corrected chi connectivity index (χ2v) is 6.84. The molecule has 1 aromatic heterocycles. The molecule has 0 spiro atoms. The Kier molecular flexibility index (Phi) is 4.81. The van der Waals surface area contributed by atoms with Gasteiger partial charge < -0.3 is 9.13 Å². The van der Waals surface area contributed by atoms with Crippen molar-refractivity contribution < 1.29 is 0 Å². The van der Waals surface area contributed by atoms with Crippen LogP contribution in [-0.2, 0) is 13.1 Å². The minimum atomic E-state index is 0.461. The number of nitrogens with zero attached hydrogens (tertiary/aromatic N) is 2. The summed E-state index contributed by atoms with van der Waals surface area (Å²) in [5, 5.41) is 8.62. The van der Waals surface area contributed by atoms with Gasteiger partial charge >= 0.3 is 0 Å². The second kappa shape index (κ2) is 7.57. The van der Waals surface area contributed by atoms with Crippen LogP contribution < -0.4 is 5.62 Å². The molecule has 138 valence electrons. The number of hydrogen-bond donors (Lipinski definition) is 1. The monoisotopic (exact) mass is 365 g/mol. The molecule has 4 rings (SSSR count). The lowest BCUT2D eigenvalue weighted by Gasteiger charge is -2.10. The normalized spacial score (nSPS) is 10.9. The van der Waals surface area contributed by atoms with Crippen molar-refractivity contribution in [3.63, 3.8) is 0 Å². The van der Waals surface area contributed by atoms with Crippen molar-refractivity contribution >= 4 is 16.6 Å². The molecule has 0 bridgehead atoms. The molecular weight excluding hydrogens is 342 g/mol. The van der Waals surface area contributed by atoms with Crippen molar-refractivity contribution in [1.82, 2.24) is 9.13 Å². The van der Waals surface area contributed by atoms with Crippen molar-refractivity contribution in [2.24, 2.45) is 0 Å². The molecule has 0 radical (unpaired) electrons. The number of allylic oxidation sites excluding steroid dienone is 2. The molecule has 0 fully saturated rings. The average Bonchev–Trinajstić information content (AvgIpc) is 3.01. The summed E-state index contributed by atoms with van der Waals surface area (Å²) in [6.07, 6.45) is 1.83. The van der Waals surface area contributed by atoms with E-state index in [2.05, 4.69) is 55.6 Å². The van der Waals surface area contributed by atoms with Crippen LogP contribution in [0.4, 0.5) is 0 Å². The number of imidazole rings is 1. The molecular formula is C25H23N3. The van der Waals surface area contributed by atoms with Gasteiger partial charge in [-0.1, -0.05) is 79.4 Å². The Bertz CT molecular complexity index is 1190. The van der Waals surface area contributed by atoms with E-state index in [1.54, 1.807) is 0 Å². The van der Waals surface area contributed by atoms with Gasteiger partial charge in [0.05, 0.1) is 17.6 Å². The topological polar surface area (TPSA) is 33.7 Å². The van der Waals surface area contributed by atoms with Crippen molar-refractivity contribution in [1.29, 1.82) is 5.41 Å². The Morgan fingerprint density at radius 2 is 1.36 bits per heavy atom. The fourth-order valence-electron chi connectivity index (χ4n) is 3.58. The van der Waals surface area contributed by atoms with Crippen molar-refractivity contribution in [2.75, 3.05) is 0 Å². The summed E-state index contributed by atoms with van der Waals surface area (Å²) in [6, 6.07) is 26.9. The molecule has 0 unspecified atom stereocenters. The zero-order valence-electron chi connectivity index (χ0n) is 15.8. The lowest BCUT2D eigenvalue weighted by molar-refractivity contribution is 0.684. The third-order valence-corrected chi connectivity index (χ3v) is 5.04. The Hall–Kier alpha value is -3.59. The van der Waals surface area contributed by atoms with Crippen LogP contribution in [0, 0.1) is 5.41 Å². The molecule has 0 saturated carbocycles.